The summed E-state index contributed by atoms with van der Waals surface area (Å²) in [6, 6.07) is 5.42. The predicted molar refractivity (Wildman–Crippen MR) is 61.4 cm³/mol. The molecule has 86 valence electrons. The van der Waals surface area contributed by atoms with Crippen LogP contribution in [0.5, 0.6) is 5.75 Å². The highest BCUT2D eigenvalue weighted by molar-refractivity contribution is 6.30. The molecule has 0 aliphatic carbocycles. The number of halogens is 1. The summed E-state index contributed by atoms with van der Waals surface area (Å²) in [6.07, 6.45) is 0. The van der Waals surface area contributed by atoms with Gasteiger partial charge in [0.15, 0.2) is 0 Å². The number of nitrogens with two attached hydrogens (primary N) is 1. The summed E-state index contributed by atoms with van der Waals surface area (Å²) in [5.74, 6) is 0.716. The molecule has 0 radical (unpaired) electrons. The number of hydrogen-bond acceptors (Lipinski definition) is 3. The Kier molecular flexibility index (Phi) is 3.31. The number of carbonyl (C=O) groups excluding carboxylic acids is 1. The van der Waals surface area contributed by atoms with Crippen molar-refractivity contribution in [3.8, 4) is 5.75 Å². The molecule has 1 aromatic carbocycles. The molecule has 5 heteroatoms. The van der Waals surface area contributed by atoms with E-state index in [2.05, 4.69) is 0 Å². The zero-order valence-corrected chi connectivity index (χ0v) is 9.54. The first-order valence-electron chi connectivity index (χ1n) is 5.10. The van der Waals surface area contributed by atoms with Crippen LogP contribution in [0.1, 0.15) is 5.56 Å². The zero-order chi connectivity index (χ0) is 11.5. The first kappa shape index (κ1) is 11.2. The molecular weight excluding hydrogens is 228 g/mol. The van der Waals surface area contributed by atoms with Crippen LogP contribution in [0.2, 0.25) is 5.02 Å². The van der Waals surface area contributed by atoms with Gasteiger partial charge in [-0.2, -0.15) is 0 Å². The number of fused-ring (bicyclic) bond motifs is 1. The Morgan fingerprint density at radius 1 is 1.56 bits per heavy atom. The largest absolute Gasteiger partial charge is 0.491 e. The van der Waals surface area contributed by atoms with Crippen LogP contribution in [-0.4, -0.2) is 30.5 Å². The van der Waals surface area contributed by atoms with Gasteiger partial charge in [-0.3, -0.25) is 4.79 Å². The lowest BCUT2D eigenvalue weighted by Gasteiger charge is -2.18. The van der Waals surface area contributed by atoms with E-state index in [-0.39, 0.29) is 12.5 Å². The fourth-order valence-corrected chi connectivity index (χ4v) is 1.90. The van der Waals surface area contributed by atoms with Gasteiger partial charge in [-0.1, -0.05) is 11.6 Å². The quantitative estimate of drug-likeness (QED) is 0.798. The van der Waals surface area contributed by atoms with E-state index >= 15 is 0 Å². The molecule has 0 bridgehead atoms. The summed E-state index contributed by atoms with van der Waals surface area (Å²) >= 11 is 5.91. The monoisotopic (exact) mass is 240 g/mol. The van der Waals surface area contributed by atoms with Crippen molar-refractivity contribution in [1.82, 2.24) is 4.90 Å². The van der Waals surface area contributed by atoms with Gasteiger partial charge in [0.2, 0.25) is 5.91 Å². The van der Waals surface area contributed by atoms with Gasteiger partial charge in [0.05, 0.1) is 13.1 Å². The molecule has 0 saturated carbocycles. The molecular formula is C11H13ClN2O2. The lowest BCUT2D eigenvalue weighted by molar-refractivity contribution is -0.130. The van der Waals surface area contributed by atoms with Crippen LogP contribution in [0.4, 0.5) is 0 Å². The summed E-state index contributed by atoms with van der Waals surface area (Å²) in [5, 5.41) is 0.643. The van der Waals surface area contributed by atoms with Gasteiger partial charge in [-0.15, -0.1) is 0 Å². The van der Waals surface area contributed by atoms with E-state index in [9.17, 15) is 4.79 Å². The number of amides is 1. The molecule has 0 atom stereocenters. The number of carbonyl (C=O) groups is 1. The Labute approximate surface area is 98.9 Å². The average molecular weight is 241 g/mol. The maximum atomic E-state index is 11.5. The molecule has 0 fully saturated rings. The van der Waals surface area contributed by atoms with Crippen LogP contribution in [0.15, 0.2) is 18.2 Å². The minimum atomic E-state index is -0.0728. The average Bonchev–Trinajstić information content (AvgIpc) is 2.49. The molecule has 0 saturated heterocycles. The molecule has 2 N–H and O–H groups in total. The molecule has 1 heterocycles. The lowest BCUT2D eigenvalue weighted by Crippen LogP contribution is -2.36. The van der Waals surface area contributed by atoms with E-state index in [0.29, 0.717) is 24.7 Å². The first-order valence-corrected chi connectivity index (χ1v) is 5.47. The maximum absolute atomic E-state index is 11.5. The van der Waals surface area contributed by atoms with E-state index < -0.39 is 0 Å². The number of benzene rings is 1. The standard InChI is InChI=1S/C11H13ClN2O2/c12-9-1-2-10-8(5-9)7-14(3-4-16-10)11(15)6-13/h1-2,5H,3-4,6-7,13H2. The van der Waals surface area contributed by atoms with Gasteiger partial charge in [-0.25, -0.2) is 0 Å². The van der Waals surface area contributed by atoms with Crippen molar-refractivity contribution in [2.24, 2.45) is 5.73 Å². The maximum Gasteiger partial charge on any atom is 0.236 e. The highest BCUT2D eigenvalue weighted by Gasteiger charge is 2.18. The minimum absolute atomic E-state index is 0.0237. The third-order valence-corrected chi connectivity index (χ3v) is 2.76. The van der Waals surface area contributed by atoms with Crippen molar-refractivity contribution < 1.29 is 9.53 Å². The van der Waals surface area contributed by atoms with Gasteiger partial charge in [0, 0.05) is 17.1 Å². The van der Waals surface area contributed by atoms with Crippen molar-refractivity contribution in [3.05, 3.63) is 28.8 Å². The van der Waals surface area contributed by atoms with Crippen LogP contribution in [0.3, 0.4) is 0 Å². The summed E-state index contributed by atoms with van der Waals surface area (Å²) < 4.78 is 5.53. The second-order valence-corrected chi connectivity index (χ2v) is 4.06. The van der Waals surface area contributed by atoms with Gasteiger partial charge in [-0.05, 0) is 18.2 Å². The van der Waals surface area contributed by atoms with Crippen LogP contribution >= 0.6 is 11.6 Å². The number of hydrogen-bond donors (Lipinski definition) is 1. The Bertz CT molecular complexity index is 409. The van der Waals surface area contributed by atoms with E-state index in [4.69, 9.17) is 22.1 Å². The third kappa shape index (κ3) is 2.28. The molecule has 4 nitrogen and oxygen atoms in total. The van der Waals surface area contributed by atoms with Crippen molar-refractivity contribution in [2.45, 2.75) is 6.54 Å². The Morgan fingerprint density at radius 2 is 2.38 bits per heavy atom. The van der Waals surface area contributed by atoms with Crippen LogP contribution < -0.4 is 10.5 Å². The van der Waals surface area contributed by atoms with Gasteiger partial charge >= 0.3 is 0 Å². The topological polar surface area (TPSA) is 55.6 Å². The van der Waals surface area contributed by atoms with Crippen molar-refractivity contribution in [1.29, 1.82) is 0 Å². The van der Waals surface area contributed by atoms with Crippen LogP contribution in [0, 0.1) is 0 Å². The van der Waals surface area contributed by atoms with Gasteiger partial charge < -0.3 is 15.4 Å². The molecule has 0 aromatic heterocycles. The molecule has 2 rings (SSSR count). The van der Waals surface area contributed by atoms with E-state index in [1.165, 1.54) is 0 Å². The summed E-state index contributed by atoms with van der Waals surface area (Å²) in [5.41, 5.74) is 6.27. The molecule has 16 heavy (non-hydrogen) atoms. The fraction of sp³-hybridized carbons (Fsp3) is 0.364. The van der Waals surface area contributed by atoms with Gasteiger partial charge in [0.1, 0.15) is 12.4 Å². The molecule has 0 unspecified atom stereocenters. The lowest BCUT2D eigenvalue weighted by atomic mass is 10.2. The predicted octanol–water partition coefficient (Wildman–Crippen LogP) is 1.02. The van der Waals surface area contributed by atoms with E-state index in [1.54, 1.807) is 11.0 Å². The van der Waals surface area contributed by atoms with Gasteiger partial charge in [0.25, 0.3) is 0 Å². The van der Waals surface area contributed by atoms with Crippen molar-refractivity contribution in [3.63, 3.8) is 0 Å². The third-order valence-electron chi connectivity index (χ3n) is 2.53. The van der Waals surface area contributed by atoms with Crippen LogP contribution in [-0.2, 0) is 11.3 Å². The summed E-state index contributed by atoms with van der Waals surface area (Å²) in [6.45, 7) is 1.57. The number of rotatable bonds is 1. The molecule has 1 aliphatic heterocycles. The number of ether oxygens (including phenoxy) is 1. The van der Waals surface area contributed by atoms with E-state index in [0.717, 1.165) is 11.3 Å². The van der Waals surface area contributed by atoms with E-state index in [1.807, 2.05) is 12.1 Å². The second-order valence-electron chi connectivity index (χ2n) is 3.62. The highest BCUT2D eigenvalue weighted by Crippen LogP contribution is 2.26. The normalized spacial score (nSPS) is 15.0. The first-order chi connectivity index (χ1) is 7.70. The van der Waals surface area contributed by atoms with Crippen molar-refractivity contribution in [2.75, 3.05) is 19.7 Å². The Balaban J connectivity index is 2.25. The minimum Gasteiger partial charge on any atom is -0.491 e. The molecule has 1 amide bonds. The summed E-state index contributed by atoms with van der Waals surface area (Å²) in [4.78, 5) is 13.2. The second kappa shape index (κ2) is 4.72. The smallest absolute Gasteiger partial charge is 0.236 e. The molecule has 1 aromatic rings. The Hall–Kier alpha value is -1.26. The van der Waals surface area contributed by atoms with Crippen LogP contribution in [0.25, 0.3) is 0 Å². The SMILES string of the molecule is NCC(=O)N1CCOc2ccc(Cl)cc2C1. The fourth-order valence-electron chi connectivity index (χ4n) is 1.70. The Morgan fingerprint density at radius 3 is 3.12 bits per heavy atom. The summed E-state index contributed by atoms with van der Waals surface area (Å²) in [7, 11) is 0. The highest BCUT2D eigenvalue weighted by atomic mass is 35.5. The zero-order valence-electron chi connectivity index (χ0n) is 8.78. The molecule has 1 aliphatic rings. The number of nitrogens with zero attached hydrogens (tertiary/aromatic N) is 1. The van der Waals surface area contributed by atoms with Crippen molar-refractivity contribution >= 4 is 17.5 Å². The molecule has 0 spiro atoms.